The third-order valence-corrected chi connectivity index (χ3v) is 3.66. The van der Waals surface area contributed by atoms with E-state index in [1.165, 1.54) is 25.1 Å². The summed E-state index contributed by atoms with van der Waals surface area (Å²) in [6.45, 7) is 1.82. The summed E-state index contributed by atoms with van der Waals surface area (Å²) in [4.78, 5) is 1.59. The molecule has 1 unspecified atom stereocenters. The molecule has 1 fully saturated rings. The van der Waals surface area contributed by atoms with Gasteiger partial charge in [0.1, 0.15) is 5.82 Å². The predicted octanol–water partition coefficient (Wildman–Crippen LogP) is 3.66. The number of piperidine rings is 1. The predicted molar refractivity (Wildman–Crippen MR) is 68.0 cm³/mol. The Hall–Kier alpha value is -1.30. The Labute approximate surface area is 115 Å². The number of hydrogen-bond acceptors (Lipinski definition) is 2. The van der Waals surface area contributed by atoms with Crippen LogP contribution in [-0.2, 0) is 0 Å². The molecule has 112 valence electrons. The lowest BCUT2D eigenvalue weighted by molar-refractivity contribution is -0.176. The van der Waals surface area contributed by atoms with E-state index >= 15 is 0 Å². The highest BCUT2D eigenvalue weighted by Crippen LogP contribution is 2.36. The van der Waals surface area contributed by atoms with E-state index < -0.39 is 24.0 Å². The minimum absolute atomic E-state index is 0.116. The molecule has 2 nitrogen and oxygen atoms in total. The minimum Gasteiger partial charge on any atom is -0.389 e. The summed E-state index contributed by atoms with van der Waals surface area (Å²) in [6.07, 6.45) is -4.60. The van der Waals surface area contributed by atoms with Crippen molar-refractivity contribution in [2.75, 3.05) is 18.0 Å². The summed E-state index contributed by atoms with van der Waals surface area (Å²) >= 11 is 0. The molecule has 1 aliphatic rings. The van der Waals surface area contributed by atoms with Crippen LogP contribution in [0.25, 0.3) is 0 Å². The van der Waals surface area contributed by atoms with Crippen molar-refractivity contribution in [2.24, 2.45) is 5.92 Å². The van der Waals surface area contributed by atoms with Gasteiger partial charge in [0.2, 0.25) is 0 Å². The topological polar surface area (TPSA) is 23.5 Å². The second-order valence-corrected chi connectivity index (χ2v) is 5.21. The molecule has 0 aliphatic carbocycles. The van der Waals surface area contributed by atoms with Crippen LogP contribution in [0, 0.1) is 11.7 Å². The molecule has 0 spiro atoms. The first-order valence-corrected chi connectivity index (χ1v) is 6.58. The van der Waals surface area contributed by atoms with Gasteiger partial charge in [-0.2, -0.15) is 13.2 Å². The largest absolute Gasteiger partial charge is 0.393 e. The fraction of sp³-hybridized carbons (Fsp3) is 0.571. The van der Waals surface area contributed by atoms with E-state index in [9.17, 15) is 22.7 Å². The van der Waals surface area contributed by atoms with Crippen molar-refractivity contribution < 1.29 is 22.7 Å². The summed E-state index contributed by atoms with van der Waals surface area (Å²) in [5.41, 5.74) is 0.808. The average Bonchev–Trinajstić information content (AvgIpc) is 2.37. The number of aliphatic hydroxyl groups excluding tert-OH is 1. The lowest BCUT2D eigenvalue weighted by Gasteiger charge is -2.36. The molecule has 0 aromatic heterocycles. The van der Waals surface area contributed by atoms with Crippen LogP contribution in [0.3, 0.4) is 0 Å². The van der Waals surface area contributed by atoms with Gasteiger partial charge >= 0.3 is 6.18 Å². The third-order valence-electron chi connectivity index (χ3n) is 3.66. The molecule has 1 saturated heterocycles. The fourth-order valence-corrected chi connectivity index (χ4v) is 2.61. The second-order valence-electron chi connectivity index (χ2n) is 5.21. The maximum absolute atomic E-state index is 13.2. The Balaban J connectivity index is 2.27. The van der Waals surface area contributed by atoms with Gasteiger partial charge in [-0.15, -0.1) is 0 Å². The molecule has 0 saturated carbocycles. The van der Waals surface area contributed by atoms with Crippen molar-refractivity contribution in [2.45, 2.75) is 32.0 Å². The van der Waals surface area contributed by atoms with Gasteiger partial charge in [-0.1, -0.05) is 0 Å². The van der Waals surface area contributed by atoms with Crippen LogP contribution >= 0.6 is 0 Å². The van der Waals surface area contributed by atoms with E-state index in [1.54, 1.807) is 4.90 Å². The summed E-state index contributed by atoms with van der Waals surface area (Å²) in [6, 6.07) is 3.83. The van der Waals surface area contributed by atoms with Crippen LogP contribution in [0.1, 0.15) is 31.4 Å². The summed E-state index contributed by atoms with van der Waals surface area (Å²) < 4.78 is 51.7. The highest BCUT2D eigenvalue weighted by Gasteiger charge is 2.42. The van der Waals surface area contributed by atoms with Crippen LogP contribution < -0.4 is 4.90 Å². The number of alkyl halides is 3. The standard InChI is InChI=1S/C14H17F4NO/c1-9(20)12-7-11(15)4-5-13(12)19-6-2-3-10(8-19)14(16,17)18/h4-5,7,9-10,20H,2-3,6,8H2,1H3/t9-,10?/m1/s1. The summed E-state index contributed by atoms with van der Waals surface area (Å²) in [5, 5.41) is 9.67. The quantitative estimate of drug-likeness (QED) is 0.841. The molecule has 0 bridgehead atoms. The van der Waals surface area contributed by atoms with E-state index in [4.69, 9.17) is 0 Å². The molecule has 1 aromatic carbocycles. The van der Waals surface area contributed by atoms with E-state index in [0.717, 1.165) is 0 Å². The van der Waals surface area contributed by atoms with Crippen molar-refractivity contribution in [1.82, 2.24) is 0 Å². The second kappa shape index (κ2) is 5.60. The smallest absolute Gasteiger partial charge is 0.389 e. The molecule has 1 aromatic rings. The van der Waals surface area contributed by atoms with Crippen molar-refractivity contribution in [1.29, 1.82) is 0 Å². The molecule has 1 N–H and O–H groups in total. The zero-order chi connectivity index (χ0) is 14.9. The SMILES string of the molecule is C[C@@H](O)c1cc(F)ccc1N1CCCC(C(F)(F)F)C1. The monoisotopic (exact) mass is 291 g/mol. The number of hydrogen-bond donors (Lipinski definition) is 1. The van der Waals surface area contributed by atoms with Gasteiger partial charge in [0, 0.05) is 24.3 Å². The Morgan fingerprint density at radius 1 is 1.35 bits per heavy atom. The first-order valence-electron chi connectivity index (χ1n) is 6.58. The number of anilines is 1. The van der Waals surface area contributed by atoms with Crippen LogP contribution in [0.4, 0.5) is 23.2 Å². The maximum Gasteiger partial charge on any atom is 0.393 e. The number of nitrogens with zero attached hydrogens (tertiary/aromatic N) is 1. The molecule has 0 radical (unpaired) electrons. The lowest BCUT2D eigenvalue weighted by atomic mass is 9.95. The molecule has 20 heavy (non-hydrogen) atoms. The molecule has 2 rings (SSSR count). The highest BCUT2D eigenvalue weighted by atomic mass is 19.4. The normalized spacial score (nSPS) is 21.9. The number of aliphatic hydroxyl groups is 1. The third kappa shape index (κ3) is 3.23. The van der Waals surface area contributed by atoms with Gasteiger partial charge in [-0.25, -0.2) is 4.39 Å². The Bertz CT molecular complexity index is 473. The van der Waals surface area contributed by atoms with Gasteiger partial charge < -0.3 is 10.0 Å². The molecule has 1 aliphatic heterocycles. The zero-order valence-corrected chi connectivity index (χ0v) is 11.1. The lowest BCUT2D eigenvalue weighted by Crippen LogP contribution is -2.42. The summed E-state index contributed by atoms with van der Waals surface area (Å²) in [7, 11) is 0. The van der Waals surface area contributed by atoms with E-state index in [2.05, 4.69) is 0 Å². The number of benzene rings is 1. The average molecular weight is 291 g/mol. The van der Waals surface area contributed by atoms with Crippen molar-refractivity contribution in [3.05, 3.63) is 29.6 Å². The minimum atomic E-state index is -4.22. The van der Waals surface area contributed by atoms with Crippen LogP contribution in [-0.4, -0.2) is 24.4 Å². The first kappa shape index (κ1) is 15.1. The Morgan fingerprint density at radius 2 is 2.05 bits per heavy atom. The van der Waals surface area contributed by atoms with E-state index in [1.807, 2.05) is 0 Å². The van der Waals surface area contributed by atoms with Gasteiger partial charge in [0.25, 0.3) is 0 Å². The van der Waals surface area contributed by atoms with Gasteiger partial charge in [-0.3, -0.25) is 0 Å². The maximum atomic E-state index is 13.2. The number of rotatable bonds is 2. The first-order chi connectivity index (χ1) is 9.29. The fourth-order valence-electron chi connectivity index (χ4n) is 2.61. The van der Waals surface area contributed by atoms with Crippen molar-refractivity contribution in [3.63, 3.8) is 0 Å². The van der Waals surface area contributed by atoms with Crippen LogP contribution in [0.5, 0.6) is 0 Å². The highest BCUT2D eigenvalue weighted by molar-refractivity contribution is 5.55. The number of halogens is 4. The van der Waals surface area contributed by atoms with Crippen LogP contribution in [0.2, 0.25) is 0 Å². The molecule has 2 atom stereocenters. The summed E-state index contributed by atoms with van der Waals surface area (Å²) in [5.74, 6) is -1.88. The zero-order valence-electron chi connectivity index (χ0n) is 11.1. The Morgan fingerprint density at radius 3 is 2.65 bits per heavy atom. The Kier molecular flexibility index (Phi) is 4.22. The molecule has 0 amide bonds. The molecule has 1 heterocycles. The van der Waals surface area contributed by atoms with Gasteiger partial charge in [0.05, 0.1) is 12.0 Å². The van der Waals surface area contributed by atoms with Gasteiger partial charge in [-0.05, 0) is 38.0 Å². The molecule has 6 heteroatoms. The van der Waals surface area contributed by atoms with E-state index in [0.29, 0.717) is 24.2 Å². The van der Waals surface area contributed by atoms with Crippen LogP contribution in [0.15, 0.2) is 18.2 Å². The molecular formula is C14H17F4NO. The van der Waals surface area contributed by atoms with Crippen molar-refractivity contribution in [3.8, 4) is 0 Å². The van der Waals surface area contributed by atoms with Gasteiger partial charge in [0.15, 0.2) is 0 Å². The van der Waals surface area contributed by atoms with Crippen molar-refractivity contribution >= 4 is 5.69 Å². The van der Waals surface area contributed by atoms with E-state index in [-0.39, 0.29) is 13.0 Å². The molecular weight excluding hydrogens is 274 g/mol.